The van der Waals surface area contributed by atoms with Gasteiger partial charge in [-0.15, -0.1) is 0 Å². The quantitative estimate of drug-likeness (QED) is 0.845. The van der Waals surface area contributed by atoms with Gasteiger partial charge in [0.05, 0.1) is 6.04 Å². The van der Waals surface area contributed by atoms with E-state index in [1.807, 2.05) is 18.5 Å². The highest BCUT2D eigenvalue weighted by molar-refractivity contribution is 5.25. The molecule has 0 fully saturated rings. The molecule has 0 spiro atoms. The summed E-state index contributed by atoms with van der Waals surface area (Å²) in [6.45, 7) is 6.27. The number of benzene rings is 1. The summed E-state index contributed by atoms with van der Waals surface area (Å²) in [4.78, 5) is 4.52. The third-order valence-electron chi connectivity index (χ3n) is 3.08. The summed E-state index contributed by atoms with van der Waals surface area (Å²) in [6, 6.07) is 10.7. The van der Waals surface area contributed by atoms with Crippen molar-refractivity contribution in [1.82, 2.24) is 14.9 Å². The Balaban J connectivity index is 2.31. The Bertz CT molecular complexity index is 462. The van der Waals surface area contributed by atoms with E-state index in [2.05, 4.69) is 53.0 Å². The van der Waals surface area contributed by atoms with Crippen LogP contribution in [-0.2, 0) is 6.54 Å². The lowest BCUT2D eigenvalue weighted by Crippen LogP contribution is -2.26. The van der Waals surface area contributed by atoms with Crippen LogP contribution < -0.4 is 5.32 Å². The summed E-state index contributed by atoms with van der Waals surface area (Å²) in [5.74, 6) is 1.09. The Morgan fingerprint density at radius 1 is 1.22 bits per heavy atom. The molecule has 1 atom stereocenters. The van der Waals surface area contributed by atoms with Crippen LogP contribution in [0.2, 0.25) is 0 Å². The van der Waals surface area contributed by atoms with E-state index >= 15 is 0 Å². The fraction of sp³-hybridized carbons (Fsp3) is 0.400. The first kappa shape index (κ1) is 12.8. The number of aryl methyl sites for hydroxylation is 1. The average Bonchev–Trinajstić information content (AvgIpc) is 2.89. The first-order valence-corrected chi connectivity index (χ1v) is 6.66. The second-order valence-corrected chi connectivity index (χ2v) is 4.37. The number of nitrogens with zero attached hydrogens (tertiary/aromatic N) is 2. The van der Waals surface area contributed by atoms with Gasteiger partial charge in [-0.05, 0) is 25.5 Å². The second-order valence-electron chi connectivity index (χ2n) is 4.37. The van der Waals surface area contributed by atoms with Crippen LogP contribution in [0.1, 0.15) is 37.7 Å². The van der Waals surface area contributed by atoms with Crippen molar-refractivity contribution in [3.05, 3.63) is 54.1 Å². The van der Waals surface area contributed by atoms with Crippen LogP contribution in [0.25, 0.3) is 0 Å². The summed E-state index contributed by atoms with van der Waals surface area (Å²) < 4.78 is 2.19. The lowest BCUT2D eigenvalue weighted by Gasteiger charge is -2.19. The largest absolute Gasteiger partial charge is 0.334 e. The minimum atomic E-state index is 0.182. The molecule has 0 bridgehead atoms. The molecule has 1 unspecified atom stereocenters. The topological polar surface area (TPSA) is 29.9 Å². The molecule has 0 aliphatic carbocycles. The van der Waals surface area contributed by atoms with Crippen LogP contribution in [0.3, 0.4) is 0 Å². The molecule has 0 saturated carbocycles. The molecule has 0 aliphatic heterocycles. The van der Waals surface area contributed by atoms with Crippen molar-refractivity contribution in [2.45, 2.75) is 32.9 Å². The number of aromatic nitrogens is 2. The van der Waals surface area contributed by atoms with E-state index in [0.717, 1.165) is 25.3 Å². The van der Waals surface area contributed by atoms with E-state index in [1.54, 1.807) is 0 Å². The first-order valence-electron chi connectivity index (χ1n) is 6.66. The van der Waals surface area contributed by atoms with Gasteiger partial charge in [0.15, 0.2) is 0 Å². The summed E-state index contributed by atoms with van der Waals surface area (Å²) in [5.41, 5.74) is 1.27. The molecule has 0 saturated heterocycles. The van der Waals surface area contributed by atoms with E-state index in [0.29, 0.717) is 0 Å². The Labute approximate surface area is 109 Å². The molecule has 1 heterocycles. The number of imidazole rings is 1. The maximum atomic E-state index is 4.52. The second kappa shape index (κ2) is 6.36. The molecule has 18 heavy (non-hydrogen) atoms. The van der Waals surface area contributed by atoms with Crippen LogP contribution >= 0.6 is 0 Å². The molecule has 1 N–H and O–H groups in total. The summed E-state index contributed by atoms with van der Waals surface area (Å²) in [5, 5.41) is 3.58. The van der Waals surface area contributed by atoms with Gasteiger partial charge in [-0.2, -0.15) is 0 Å². The van der Waals surface area contributed by atoms with E-state index in [1.165, 1.54) is 5.56 Å². The van der Waals surface area contributed by atoms with Crippen LogP contribution in [-0.4, -0.2) is 16.1 Å². The highest BCUT2D eigenvalue weighted by atomic mass is 15.1. The van der Waals surface area contributed by atoms with Crippen molar-refractivity contribution in [1.29, 1.82) is 0 Å². The zero-order valence-electron chi connectivity index (χ0n) is 11.1. The number of hydrogen-bond donors (Lipinski definition) is 1. The van der Waals surface area contributed by atoms with Crippen LogP contribution in [0.15, 0.2) is 42.7 Å². The van der Waals surface area contributed by atoms with E-state index < -0.39 is 0 Å². The normalized spacial score (nSPS) is 12.6. The molecule has 96 valence electrons. The SMILES string of the molecule is CCCNC(c1ccccc1)c1nccn1CC. The minimum Gasteiger partial charge on any atom is -0.334 e. The van der Waals surface area contributed by atoms with Gasteiger partial charge in [0, 0.05) is 18.9 Å². The fourth-order valence-electron chi connectivity index (χ4n) is 2.14. The third-order valence-corrected chi connectivity index (χ3v) is 3.08. The molecule has 1 aromatic heterocycles. The zero-order valence-corrected chi connectivity index (χ0v) is 11.1. The van der Waals surface area contributed by atoms with E-state index in [-0.39, 0.29) is 6.04 Å². The third kappa shape index (κ3) is 2.79. The van der Waals surface area contributed by atoms with Crippen LogP contribution in [0, 0.1) is 0 Å². The van der Waals surface area contributed by atoms with Gasteiger partial charge in [0.2, 0.25) is 0 Å². The zero-order chi connectivity index (χ0) is 12.8. The minimum absolute atomic E-state index is 0.182. The lowest BCUT2D eigenvalue weighted by molar-refractivity contribution is 0.541. The van der Waals surface area contributed by atoms with Gasteiger partial charge < -0.3 is 9.88 Å². The van der Waals surface area contributed by atoms with Gasteiger partial charge in [0.1, 0.15) is 5.82 Å². The molecule has 3 heteroatoms. The van der Waals surface area contributed by atoms with Crippen molar-refractivity contribution < 1.29 is 0 Å². The molecule has 2 rings (SSSR count). The Hall–Kier alpha value is -1.61. The predicted octanol–water partition coefficient (Wildman–Crippen LogP) is 2.99. The van der Waals surface area contributed by atoms with Crippen molar-refractivity contribution in [3.63, 3.8) is 0 Å². The summed E-state index contributed by atoms with van der Waals surface area (Å²) in [6.07, 6.45) is 5.04. The lowest BCUT2D eigenvalue weighted by atomic mass is 10.1. The van der Waals surface area contributed by atoms with Crippen molar-refractivity contribution in [2.75, 3.05) is 6.54 Å². The van der Waals surface area contributed by atoms with Gasteiger partial charge in [-0.3, -0.25) is 0 Å². The molecular formula is C15H21N3. The fourth-order valence-corrected chi connectivity index (χ4v) is 2.14. The monoisotopic (exact) mass is 243 g/mol. The standard InChI is InChI=1S/C15H21N3/c1-3-10-16-14(13-8-6-5-7-9-13)15-17-11-12-18(15)4-2/h5-9,11-12,14,16H,3-4,10H2,1-2H3. The van der Waals surface area contributed by atoms with Crippen molar-refractivity contribution in [3.8, 4) is 0 Å². The molecule has 3 nitrogen and oxygen atoms in total. The highest BCUT2D eigenvalue weighted by Crippen LogP contribution is 2.20. The average molecular weight is 243 g/mol. The summed E-state index contributed by atoms with van der Waals surface area (Å²) in [7, 11) is 0. The molecule has 0 amide bonds. The first-order chi connectivity index (χ1) is 8.86. The van der Waals surface area contributed by atoms with Crippen molar-refractivity contribution in [2.24, 2.45) is 0 Å². The molecule has 0 aliphatic rings. The van der Waals surface area contributed by atoms with Crippen LogP contribution in [0.5, 0.6) is 0 Å². The Morgan fingerprint density at radius 3 is 2.67 bits per heavy atom. The predicted molar refractivity (Wildman–Crippen MR) is 74.5 cm³/mol. The van der Waals surface area contributed by atoms with Gasteiger partial charge >= 0.3 is 0 Å². The summed E-state index contributed by atoms with van der Waals surface area (Å²) >= 11 is 0. The molecule has 2 aromatic rings. The number of rotatable bonds is 6. The number of nitrogens with one attached hydrogen (secondary N) is 1. The molecular weight excluding hydrogens is 222 g/mol. The van der Waals surface area contributed by atoms with Crippen LogP contribution in [0.4, 0.5) is 0 Å². The van der Waals surface area contributed by atoms with Gasteiger partial charge in [-0.25, -0.2) is 4.98 Å². The maximum absolute atomic E-state index is 4.52. The highest BCUT2D eigenvalue weighted by Gasteiger charge is 2.17. The van der Waals surface area contributed by atoms with E-state index in [9.17, 15) is 0 Å². The Kier molecular flexibility index (Phi) is 4.53. The number of hydrogen-bond acceptors (Lipinski definition) is 2. The van der Waals surface area contributed by atoms with Gasteiger partial charge in [-0.1, -0.05) is 37.3 Å². The smallest absolute Gasteiger partial charge is 0.130 e. The maximum Gasteiger partial charge on any atom is 0.130 e. The van der Waals surface area contributed by atoms with Gasteiger partial charge in [0.25, 0.3) is 0 Å². The molecule has 1 aromatic carbocycles. The van der Waals surface area contributed by atoms with Crippen molar-refractivity contribution >= 4 is 0 Å². The Morgan fingerprint density at radius 2 is 2.00 bits per heavy atom. The van der Waals surface area contributed by atoms with E-state index in [4.69, 9.17) is 0 Å². The molecule has 0 radical (unpaired) electrons.